The SMILES string of the molecule is CCN(C(=O)c1cc(F)ccc1-c1cc(C2CCN(CC3CCC(NS(=O)(=O)CC)CC3)C2)cc2cncn12)C(C)C. The summed E-state index contributed by atoms with van der Waals surface area (Å²) in [7, 11) is -3.16. The third-order valence-corrected chi connectivity index (χ3v) is 10.5. The zero-order valence-electron chi connectivity index (χ0n) is 25.2. The number of halogens is 1. The molecule has 0 radical (unpaired) electrons. The Bertz CT molecular complexity index is 1510. The van der Waals surface area contributed by atoms with Gasteiger partial charge in [0.1, 0.15) is 5.82 Å². The van der Waals surface area contributed by atoms with Crippen LogP contribution in [0.15, 0.2) is 42.9 Å². The Morgan fingerprint density at radius 3 is 2.57 bits per heavy atom. The van der Waals surface area contributed by atoms with Crippen LogP contribution in [0.4, 0.5) is 4.39 Å². The fraction of sp³-hybridized carbons (Fsp3) is 0.562. The highest BCUT2D eigenvalue weighted by atomic mass is 32.2. The number of nitrogens with zero attached hydrogens (tertiary/aromatic N) is 4. The van der Waals surface area contributed by atoms with Crippen molar-refractivity contribution in [1.29, 1.82) is 0 Å². The lowest BCUT2D eigenvalue weighted by Crippen LogP contribution is -2.40. The zero-order valence-corrected chi connectivity index (χ0v) is 26.0. The average molecular weight is 598 g/mol. The fourth-order valence-electron chi connectivity index (χ4n) is 6.75. The van der Waals surface area contributed by atoms with Crippen LogP contribution in [-0.4, -0.2) is 77.5 Å². The smallest absolute Gasteiger partial charge is 0.254 e. The first-order chi connectivity index (χ1) is 20.1. The highest BCUT2D eigenvalue weighted by Gasteiger charge is 2.30. The van der Waals surface area contributed by atoms with Crippen molar-refractivity contribution in [2.75, 3.05) is 31.9 Å². The number of sulfonamides is 1. The van der Waals surface area contributed by atoms with Crippen molar-refractivity contribution in [3.63, 3.8) is 0 Å². The van der Waals surface area contributed by atoms with Gasteiger partial charge in [-0.3, -0.25) is 9.20 Å². The van der Waals surface area contributed by atoms with Crippen LogP contribution in [0.2, 0.25) is 0 Å². The highest BCUT2D eigenvalue weighted by Crippen LogP contribution is 2.35. The van der Waals surface area contributed by atoms with E-state index in [1.54, 1.807) is 24.2 Å². The lowest BCUT2D eigenvalue weighted by molar-refractivity contribution is 0.0717. The van der Waals surface area contributed by atoms with Crippen LogP contribution in [-0.2, 0) is 10.0 Å². The van der Waals surface area contributed by atoms with Gasteiger partial charge < -0.3 is 9.80 Å². The molecule has 0 spiro atoms. The van der Waals surface area contributed by atoms with E-state index in [9.17, 15) is 17.6 Å². The number of benzene rings is 1. The van der Waals surface area contributed by atoms with Crippen molar-refractivity contribution in [3.05, 3.63) is 59.8 Å². The largest absolute Gasteiger partial charge is 0.336 e. The molecule has 10 heteroatoms. The molecule has 2 aliphatic rings. The van der Waals surface area contributed by atoms with E-state index in [2.05, 4.69) is 26.7 Å². The van der Waals surface area contributed by atoms with Crippen molar-refractivity contribution < 1.29 is 17.6 Å². The predicted molar refractivity (Wildman–Crippen MR) is 165 cm³/mol. The van der Waals surface area contributed by atoms with Gasteiger partial charge in [0.05, 0.1) is 35.1 Å². The highest BCUT2D eigenvalue weighted by molar-refractivity contribution is 7.89. The molecule has 1 unspecified atom stereocenters. The van der Waals surface area contributed by atoms with E-state index < -0.39 is 15.8 Å². The Labute approximate surface area is 249 Å². The summed E-state index contributed by atoms with van der Waals surface area (Å²) < 4.78 is 43.2. The number of pyridine rings is 1. The van der Waals surface area contributed by atoms with Crippen LogP contribution >= 0.6 is 0 Å². The van der Waals surface area contributed by atoms with Gasteiger partial charge in [-0.25, -0.2) is 22.5 Å². The third kappa shape index (κ3) is 6.71. The van der Waals surface area contributed by atoms with Crippen molar-refractivity contribution in [2.24, 2.45) is 5.92 Å². The molecule has 1 aliphatic heterocycles. The molecule has 42 heavy (non-hydrogen) atoms. The van der Waals surface area contributed by atoms with Crippen molar-refractivity contribution in [1.82, 2.24) is 23.9 Å². The Kier molecular flexibility index (Phi) is 9.34. The van der Waals surface area contributed by atoms with Gasteiger partial charge in [-0.1, -0.05) is 0 Å². The topological polar surface area (TPSA) is 87.0 Å². The number of carbonyl (C=O) groups excluding carboxylic acids is 1. The molecule has 2 aromatic heterocycles. The second-order valence-electron chi connectivity index (χ2n) is 12.2. The minimum absolute atomic E-state index is 0.00150. The molecular formula is C32H44FN5O3S. The Balaban J connectivity index is 1.34. The molecule has 1 aromatic carbocycles. The minimum Gasteiger partial charge on any atom is -0.336 e. The summed E-state index contributed by atoms with van der Waals surface area (Å²) in [5.41, 5.74) is 4.07. The summed E-state index contributed by atoms with van der Waals surface area (Å²) in [5.74, 6) is 0.448. The molecule has 1 atom stereocenters. The van der Waals surface area contributed by atoms with E-state index in [1.165, 1.54) is 17.7 Å². The normalized spacial score (nSPS) is 21.8. The molecule has 5 rings (SSSR count). The van der Waals surface area contributed by atoms with E-state index >= 15 is 0 Å². The summed E-state index contributed by atoms with van der Waals surface area (Å²) in [6.07, 6.45) is 8.50. The number of hydrogen-bond donors (Lipinski definition) is 1. The number of rotatable bonds is 10. The lowest BCUT2D eigenvalue weighted by atomic mass is 9.86. The molecule has 8 nitrogen and oxygen atoms in total. The first kappa shape index (κ1) is 30.6. The molecule has 1 N–H and O–H groups in total. The maximum atomic E-state index is 14.5. The second-order valence-corrected chi connectivity index (χ2v) is 14.3. The summed E-state index contributed by atoms with van der Waals surface area (Å²) >= 11 is 0. The van der Waals surface area contributed by atoms with E-state index in [4.69, 9.17) is 0 Å². The summed E-state index contributed by atoms with van der Waals surface area (Å²) in [5, 5.41) is 0. The molecular weight excluding hydrogens is 553 g/mol. The summed E-state index contributed by atoms with van der Waals surface area (Å²) in [4.78, 5) is 22.3. The molecule has 3 heterocycles. The molecule has 228 valence electrons. The number of imidazole rings is 1. The predicted octanol–water partition coefficient (Wildman–Crippen LogP) is 5.30. The number of carbonyl (C=O) groups is 1. The van der Waals surface area contributed by atoms with Gasteiger partial charge in [-0.2, -0.15) is 0 Å². The van der Waals surface area contributed by atoms with Crippen LogP contribution in [0.25, 0.3) is 16.8 Å². The standard InChI is InChI=1S/C32H44FN5O3S/c1-5-37(22(3)4)32(39)30-17-26(33)9-12-29(30)31-16-25(15-28-18-34-21-38(28)31)24-13-14-36(20-24)19-23-7-10-27(11-8-23)35-42(40,41)6-2/h9,12,15-18,21-24,27,35H,5-8,10-11,13-14,19-20H2,1-4H3. The minimum atomic E-state index is -3.16. The lowest BCUT2D eigenvalue weighted by Gasteiger charge is -2.31. The van der Waals surface area contributed by atoms with E-state index in [1.807, 2.05) is 31.4 Å². The zero-order chi connectivity index (χ0) is 30.0. The van der Waals surface area contributed by atoms with Crippen LogP contribution in [0.3, 0.4) is 0 Å². The molecule has 1 saturated carbocycles. The van der Waals surface area contributed by atoms with Gasteiger partial charge in [0.25, 0.3) is 5.91 Å². The second kappa shape index (κ2) is 12.8. The van der Waals surface area contributed by atoms with Gasteiger partial charge in [-0.15, -0.1) is 0 Å². The van der Waals surface area contributed by atoms with Crippen molar-refractivity contribution >= 4 is 21.4 Å². The number of aromatic nitrogens is 2. The quantitative estimate of drug-likeness (QED) is 0.343. The fourth-order valence-corrected chi connectivity index (χ4v) is 7.66. The van der Waals surface area contributed by atoms with Gasteiger partial charge in [0.15, 0.2) is 0 Å². The van der Waals surface area contributed by atoms with Crippen LogP contribution in [0.5, 0.6) is 0 Å². The summed E-state index contributed by atoms with van der Waals surface area (Å²) in [6.45, 7) is 11.1. The Morgan fingerprint density at radius 1 is 1.12 bits per heavy atom. The van der Waals surface area contributed by atoms with Crippen LogP contribution in [0.1, 0.15) is 81.6 Å². The number of hydrogen-bond acceptors (Lipinski definition) is 5. The van der Waals surface area contributed by atoms with E-state index in [0.29, 0.717) is 29.5 Å². The molecule has 1 amide bonds. The van der Waals surface area contributed by atoms with Crippen molar-refractivity contribution in [3.8, 4) is 11.3 Å². The van der Waals surface area contributed by atoms with E-state index in [-0.39, 0.29) is 23.7 Å². The maximum absolute atomic E-state index is 14.5. The van der Waals surface area contributed by atoms with Crippen LogP contribution < -0.4 is 4.72 Å². The molecule has 1 aliphatic carbocycles. The first-order valence-corrected chi connectivity index (χ1v) is 17.0. The number of likely N-dealkylation sites (tertiary alicyclic amines) is 1. The van der Waals surface area contributed by atoms with Crippen LogP contribution in [0, 0.1) is 11.7 Å². The monoisotopic (exact) mass is 597 g/mol. The molecule has 3 aromatic rings. The first-order valence-electron chi connectivity index (χ1n) is 15.4. The Hall–Kier alpha value is -2.82. The van der Waals surface area contributed by atoms with Gasteiger partial charge in [0, 0.05) is 37.3 Å². The van der Waals surface area contributed by atoms with Crippen molar-refractivity contribution in [2.45, 2.75) is 77.8 Å². The average Bonchev–Trinajstić information content (AvgIpc) is 3.63. The summed E-state index contributed by atoms with van der Waals surface area (Å²) in [6, 6.07) is 8.90. The molecule has 1 saturated heterocycles. The third-order valence-electron chi connectivity index (χ3n) is 9.09. The molecule has 2 fully saturated rings. The number of nitrogens with one attached hydrogen (secondary N) is 1. The Morgan fingerprint density at radius 2 is 1.88 bits per heavy atom. The maximum Gasteiger partial charge on any atom is 0.254 e. The van der Waals surface area contributed by atoms with E-state index in [0.717, 1.165) is 62.9 Å². The number of amides is 1. The molecule has 0 bridgehead atoms. The number of fused-ring (bicyclic) bond motifs is 1. The van der Waals surface area contributed by atoms with Gasteiger partial charge in [0.2, 0.25) is 10.0 Å². The van der Waals surface area contributed by atoms with Gasteiger partial charge in [-0.05, 0) is 114 Å². The van der Waals surface area contributed by atoms with Gasteiger partial charge >= 0.3 is 0 Å².